The summed E-state index contributed by atoms with van der Waals surface area (Å²) >= 11 is 0. The fourth-order valence-corrected chi connectivity index (χ4v) is 3.16. The van der Waals surface area contributed by atoms with Crippen molar-refractivity contribution in [1.82, 2.24) is 4.72 Å². The van der Waals surface area contributed by atoms with Gasteiger partial charge in [-0.05, 0) is 42.5 Å². The summed E-state index contributed by atoms with van der Waals surface area (Å²) in [7, 11) is -0.551. The van der Waals surface area contributed by atoms with E-state index in [4.69, 9.17) is 0 Å². The van der Waals surface area contributed by atoms with Crippen LogP contribution in [-0.2, 0) is 21.0 Å². The molecule has 0 fully saturated rings. The van der Waals surface area contributed by atoms with E-state index >= 15 is 0 Å². The molecule has 27 heavy (non-hydrogen) atoms. The van der Waals surface area contributed by atoms with E-state index in [0.717, 1.165) is 23.9 Å². The fraction of sp³-hybridized carbons (Fsp3) is 0.235. The largest absolute Gasteiger partial charge is 0.416 e. The monoisotopic (exact) mass is 401 g/mol. The minimum atomic E-state index is -4.67. The van der Waals surface area contributed by atoms with Crippen molar-refractivity contribution in [1.29, 1.82) is 0 Å². The average molecular weight is 401 g/mol. The predicted molar refractivity (Wildman–Crippen MR) is 96.0 cm³/mol. The van der Waals surface area contributed by atoms with Crippen LogP contribution in [0.15, 0.2) is 53.4 Å². The normalized spacial score (nSPS) is 11.9. The van der Waals surface area contributed by atoms with E-state index in [9.17, 15) is 26.4 Å². The van der Waals surface area contributed by atoms with Crippen molar-refractivity contribution < 1.29 is 26.4 Å². The van der Waals surface area contributed by atoms with Gasteiger partial charge in [0.2, 0.25) is 15.9 Å². The Labute approximate surface area is 155 Å². The minimum Gasteiger partial charge on any atom is -0.378 e. The average Bonchev–Trinajstić information content (AvgIpc) is 2.60. The van der Waals surface area contributed by atoms with Gasteiger partial charge in [-0.2, -0.15) is 13.2 Å². The van der Waals surface area contributed by atoms with E-state index < -0.39 is 39.1 Å². The van der Waals surface area contributed by atoms with Gasteiger partial charge in [-0.15, -0.1) is 0 Å². The molecule has 0 aliphatic heterocycles. The van der Waals surface area contributed by atoms with E-state index in [1.807, 2.05) is 23.7 Å². The van der Waals surface area contributed by atoms with E-state index in [0.29, 0.717) is 11.8 Å². The number of halogens is 3. The maximum Gasteiger partial charge on any atom is 0.416 e. The zero-order chi connectivity index (χ0) is 20.2. The maximum absolute atomic E-state index is 12.7. The van der Waals surface area contributed by atoms with Crippen LogP contribution in [-0.4, -0.2) is 35.0 Å². The molecule has 2 aromatic carbocycles. The Morgan fingerprint density at radius 2 is 1.70 bits per heavy atom. The number of rotatable bonds is 6. The summed E-state index contributed by atoms with van der Waals surface area (Å²) < 4.78 is 64.4. The van der Waals surface area contributed by atoms with E-state index in [2.05, 4.69) is 5.32 Å². The lowest BCUT2D eigenvalue weighted by Gasteiger charge is -2.13. The summed E-state index contributed by atoms with van der Waals surface area (Å²) in [6.45, 7) is -0.617. The second-order valence-electron chi connectivity index (χ2n) is 5.84. The number of amides is 1. The molecule has 0 heterocycles. The smallest absolute Gasteiger partial charge is 0.378 e. The number of hydrogen-bond acceptors (Lipinski definition) is 4. The Hall–Kier alpha value is -2.59. The van der Waals surface area contributed by atoms with Gasteiger partial charge in [-0.25, -0.2) is 13.1 Å². The molecular formula is C17H18F3N3O3S. The molecule has 2 N–H and O–H groups in total. The topological polar surface area (TPSA) is 78.5 Å². The first-order chi connectivity index (χ1) is 12.5. The van der Waals surface area contributed by atoms with Crippen molar-refractivity contribution in [3.8, 4) is 0 Å². The summed E-state index contributed by atoms with van der Waals surface area (Å²) in [4.78, 5) is 13.2. The molecule has 0 aliphatic rings. The molecule has 2 aromatic rings. The van der Waals surface area contributed by atoms with Crippen molar-refractivity contribution in [2.45, 2.75) is 11.1 Å². The number of alkyl halides is 3. The number of benzene rings is 2. The van der Waals surface area contributed by atoms with E-state index in [-0.39, 0.29) is 0 Å². The van der Waals surface area contributed by atoms with E-state index in [1.54, 1.807) is 24.3 Å². The molecule has 0 saturated carbocycles. The van der Waals surface area contributed by atoms with Crippen molar-refractivity contribution in [2.75, 3.05) is 30.9 Å². The Morgan fingerprint density at radius 1 is 1.07 bits per heavy atom. The van der Waals surface area contributed by atoms with Crippen LogP contribution in [0.3, 0.4) is 0 Å². The third kappa shape index (κ3) is 5.69. The second kappa shape index (κ2) is 7.97. The number of nitrogens with zero attached hydrogens (tertiary/aromatic N) is 1. The van der Waals surface area contributed by atoms with Gasteiger partial charge in [-0.1, -0.05) is 6.07 Å². The molecule has 0 spiro atoms. The number of sulfonamides is 1. The molecule has 1 amide bonds. The van der Waals surface area contributed by atoms with Crippen LogP contribution < -0.4 is 14.9 Å². The molecule has 0 aliphatic carbocycles. The highest BCUT2D eigenvalue weighted by Crippen LogP contribution is 2.30. The molecule has 0 radical (unpaired) electrons. The Kier molecular flexibility index (Phi) is 6.11. The van der Waals surface area contributed by atoms with Crippen LogP contribution in [0, 0.1) is 0 Å². The predicted octanol–water partition coefficient (Wildman–Crippen LogP) is 2.69. The highest BCUT2D eigenvalue weighted by Gasteiger charge is 2.31. The molecule has 0 aromatic heterocycles. The summed E-state index contributed by atoms with van der Waals surface area (Å²) in [5.74, 6) is -0.650. The van der Waals surface area contributed by atoms with Gasteiger partial charge >= 0.3 is 6.18 Å². The van der Waals surface area contributed by atoms with Crippen molar-refractivity contribution >= 4 is 27.3 Å². The second-order valence-corrected chi connectivity index (χ2v) is 7.61. The summed E-state index contributed by atoms with van der Waals surface area (Å²) in [6, 6.07) is 10.1. The minimum absolute atomic E-state index is 0.462. The van der Waals surface area contributed by atoms with Gasteiger partial charge in [0, 0.05) is 25.5 Å². The first-order valence-corrected chi connectivity index (χ1v) is 9.21. The molecule has 0 saturated heterocycles. The van der Waals surface area contributed by atoms with Crippen LogP contribution in [0.25, 0.3) is 0 Å². The highest BCUT2D eigenvalue weighted by atomic mass is 32.2. The highest BCUT2D eigenvalue weighted by molar-refractivity contribution is 7.89. The lowest BCUT2D eigenvalue weighted by atomic mass is 10.2. The lowest BCUT2D eigenvalue weighted by molar-refractivity contribution is -0.137. The molecule has 6 nitrogen and oxygen atoms in total. The zero-order valence-electron chi connectivity index (χ0n) is 14.5. The van der Waals surface area contributed by atoms with Gasteiger partial charge in [-0.3, -0.25) is 4.79 Å². The molecule has 0 bridgehead atoms. The van der Waals surface area contributed by atoms with Gasteiger partial charge in [0.15, 0.2) is 0 Å². The summed E-state index contributed by atoms with van der Waals surface area (Å²) in [5, 5.41) is 2.50. The first-order valence-electron chi connectivity index (χ1n) is 7.73. The fourth-order valence-electron chi connectivity index (χ4n) is 2.13. The van der Waals surface area contributed by atoms with Crippen LogP contribution >= 0.6 is 0 Å². The molecule has 0 unspecified atom stereocenters. The molecule has 2 rings (SSSR count). The van der Waals surface area contributed by atoms with Gasteiger partial charge < -0.3 is 10.2 Å². The molecule has 146 valence electrons. The maximum atomic E-state index is 12.7. The van der Waals surface area contributed by atoms with Crippen molar-refractivity contribution in [2.24, 2.45) is 0 Å². The molecular weight excluding hydrogens is 383 g/mol. The molecule has 10 heteroatoms. The summed E-state index contributed by atoms with van der Waals surface area (Å²) in [5.41, 5.74) is 0.290. The lowest BCUT2D eigenvalue weighted by Crippen LogP contribution is -2.33. The Balaban J connectivity index is 2.01. The Bertz CT molecular complexity index is 911. The van der Waals surface area contributed by atoms with Crippen LogP contribution in [0.4, 0.5) is 24.5 Å². The van der Waals surface area contributed by atoms with Gasteiger partial charge in [0.05, 0.1) is 17.0 Å². The third-order valence-electron chi connectivity index (χ3n) is 3.56. The van der Waals surface area contributed by atoms with Gasteiger partial charge in [0.25, 0.3) is 0 Å². The number of anilines is 2. The SMILES string of the molecule is CN(C)c1ccc(NC(=O)CNS(=O)(=O)c2cccc(C(F)(F)F)c2)cc1. The van der Waals surface area contributed by atoms with Crippen molar-refractivity contribution in [3.05, 3.63) is 54.1 Å². The summed E-state index contributed by atoms with van der Waals surface area (Å²) in [6.07, 6.45) is -4.67. The van der Waals surface area contributed by atoms with Crippen LogP contribution in [0.1, 0.15) is 5.56 Å². The van der Waals surface area contributed by atoms with Crippen molar-refractivity contribution in [3.63, 3.8) is 0 Å². The number of nitrogens with one attached hydrogen (secondary N) is 2. The third-order valence-corrected chi connectivity index (χ3v) is 4.96. The zero-order valence-corrected chi connectivity index (χ0v) is 15.4. The molecule has 0 atom stereocenters. The first kappa shape index (κ1) is 20.7. The number of carbonyl (C=O) groups is 1. The van der Waals surface area contributed by atoms with E-state index in [1.165, 1.54) is 0 Å². The number of hydrogen-bond donors (Lipinski definition) is 2. The van der Waals surface area contributed by atoms with Crippen LogP contribution in [0.5, 0.6) is 0 Å². The number of carbonyl (C=O) groups excluding carboxylic acids is 1. The quantitative estimate of drug-likeness (QED) is 0.780. The standard InChI is InChI=1S/C17H18F3N3O3S/c1-23(2)14-8-6-13(7-9-14)22-16(24)11-21-27(25,26)15-5-3-4-12(10-15)17(18,19)20/h3-10,21H,11H2,1-2H3,(H,22,24). The van der Waals surface area contributed by atoms with Crippen LogP contribution in [0.2, 0.25) is 0 Å². The Morgan fingerprint density at radius 3 is 2.26 bits per heavy atom. The van der Waals surface area contributed by atoms with Gasteiger partial charge in [0.1, 0.15) is 0 Å².